The number of alkyl halides is 3. The third-order valence-corrected chi connectivity index (χ3v) is 6.03. The molecule has 4 nitrogen and oxygen atoms in total. The summed E-state index contributed by atoms with van der Waals surface area (Å²) in [4.78, 5) is 4.37. The van der Waals surface area contributed by atoms with E-state index in [1.807, 2.05) is 0 Å². The molecule has 1 aliphatic rings. The Morgan fingerprint density at radius 3 is 2.63 bits per heavy atom. The molecule has 4 rings (SSSR count). The predicted octanol–water partition coefficient (Wildman–Crippen LogP) is 5.10. The number of nitrogens with zero attached hydrogens (tertiary/aromatic N) is 3. The molecule has 1 aromatic carbocycles. The van der Waals surface area contributed by atoms with Crippen LogP contribution in [0.5, 0.6) is 0 Å². The number of aromatic nitrogens is 3. The molecule has 0 amide bonds. The van der Waals surface area contributed by atoms with E-state index in [1.54, 1.807) is 23.9 Å². The van der Waals surface area contributed by atoms with Gasteiger partial charge < -0.3 is 5.32 Å². The number of fused-ring (bicyclic) bond motifs is 1. The summed E-state index contributed by atoms with van der Waals surface area (Å²) in [6.07, 6.45) is -4.58. The molecule has 3 aromatic rings. The lowest BCUT2D eigenvalue weighted by atomic mass is 10.1. The average molecular weight is 433 g/mol. The van der Waals surface area contributed by atoms with Gasteiger partial charge in [0.2, 0.25) is 0 Å². The second-order valence-electron chi connectivity index (χ2n) is 6.07. The summed E-state index contributed by atoms with van der Waals surface area (Å²) in [5.41, 5.74) is 0.408. The number of rotatable bonds is 2. The van der Waals surface area contributed by atoms with Gasteiger partial charge in [-0.25, -0.2) is 9.50 Å². The van der Waals surface area contributed by atoms with E-state index in [4.69, 9.17) is 23.2 Å². The molecule has 0 bridgehead atoms. The van der Waals surface area contributed by atoms with Crippen molar-refractivity contribution in [2.45, 2.75) is 12.2 Å². The predicted molar refractivity (Wildman–Crippen MR) is 102 cm³/mol. The number of thioether (sulfide) groups is 1. The minimum Gasteiger partial charge on any atom is -0.307 e. The first-order chi connectivity index (χ1) is 12.8. The molecule has 0 aliphatic carbocycles. The van der Waals surface area contributed by atoms with Crippen LogP contribution in [-0.4, -0.2) is 32.6 Å². The molecule has 0 saturated carbocycles. The first kappa shape index (κ1) is 18.9. The smallest absolute Gasteiger partial charge is 0.307 e. The molecule has 1 atom stereocenters. The van der Waals surface area contributed by atoms with Crippen molar-refractivity contribution in [1.82, 2.24) is 19.9 Å². The molecule has 1 saturated heterocycles. The summed E-state index contributed by atoms with van der Waals surface area (Å²) < 4.78 is 41.8. The van der Waals surface area contributed by atoms with Crippen LogP contribution in [0.4, 0.5) is 13.2 Å². The summed E-state index contributed by atoms with van der Waals surface area (Å²) in [7, 11) is 0. The molecule has 142 valence electrons. The van der Waals surface area contributed by atoms with Gasteiger partial charge in [0.15, 0.2) is 11.3 Å². The number of hydrogen-bond acceptors (Lipinski definition) is 4. The highest BCUT2D eigenvalue weighted by molar-refractivity contribution is 7.99. The molecule has 0 radical (unpaired) electrons. The second-order valence-corrected chi connectivity index (χ2v) is 8.04. The van der Waals surface area contributed by atoms with Crippen LogP contribution in [0, 0.1) is 0 Å². The quantitative estimate of drug-likeness (QED) is 0.611. The van der Waals surface area contributed by atoms with Crippen LogP contribution in [0.15, 0.2) is 30.3 Å². The fourth-order valence-corrected chi connectivity index (χ4v) is 4.17. The Morgan fingerprint density at radius 1 is 1.15 bits per heavy atom. The summed E-state index contributed by atoms with van der Waals surface area (Å²) in [5.74, 6) is 1.72. The molecule has 1 fully saturated rings. The van der Waals surface area contributed by atoms with Crippen LogP contribution in [0.2, 0.25) is 10.0 Å². The van der Waals surface area contributed by atoms with E-state index in [0.717, 1.165) is 28.6 Å². The lowest BCUT2D eigenvalue weighted by Crippen LogP contribution is -2.30. The summed E-state index contributed by atoms with van der Waals surface area (Å²) in [6.45, 7) is 0.789. The normalized spacial score (nSPS) is 18.2. The average Bonchev–Trinajstić information content (AvgIpc) is 3.07. The lowest BCUT2D eigenvalue weighted by Gasteiger charge is -2.20. The Labute approximate surface area is 167 Å². The van der Waals surface area contributed by atoms with Crippen molar-refractivity contribution in [3.63, 3.8) is 0 Å². The Morgan fingerprint density at radius 2 is 1.96 bits per heavy atom. The molecular formula is C17H13Cl2F3N4S. The standard InChI is InChI=1S/C17H13Cl2F3N4S/c18-10-2-1-9(5-11(10)19)12-6-15(17(20,21)22)26-16(24-12)7-13(25-26)14-8-27-4-3-23-14/h1-2,5-7,14,23H,3-4,8H2. The van der Waals surface area contributed by atoms with Gasteiger partial charge in [-0.05, 0) is 18.2 Å². The maximum atomic E-state index is 13.7. The van der Waals surface area contributed by atoms with E-state index in [1.165, 1.54) is 12.1 Å². The minimum absolute atomic E-state index is 0.0973. The van der Waals surface area contributed by atoms with Gasteiger partial charge in [0.25, 0.3) is 0 Å². The van der Waals surface area contributed by atoms with E-state index >= 15 is 0 Å². The topological polar surface area (TPSA) is 42.2 Å². The third-order valence-electron chi connectivity index (χ3n) is 4.23. The van der Waals surface area contributed by atoms with Gasteiger partial charge in [-0.2, -0.15) is 30.0 Å². The maximum absolute atomic E-state index is 13.7. The zero-order valence-corrected chi connectivity index (χ0v) is 16.1. The van der Waals surface area contributed by atoms with Gasteiger partial charge in [0.1, 0.15) is 0 Å². The van der Waals surface area contributed by atoms with Crippen molar-refractivity contribution in [1.29, 1.82) is 0 Å². The SMILES string of the molecule is FC(F)(F)c1cc(-c2ccc(Cl)c(Cl)c2)nc2cc(C3CSCCN3)nn12. The van der Waals surface area contributed by atoms with Crippen LogP contribution in [0.25, 0.3) is 16.9 Å². The maximum Gasteiger partial charge on any atom is 0.433 e. The molecule has 2 aromatic heterocycles. The van der Waals surface area contributed by atoms with E-state index in [9.17, 15) is 13.2 Å². The Hall–Kier alpha value is -1.48. The number of nitrogens with one attached hydrogen (secondary N) is 1. The zero-order chi connectivity index (χ0) is 19.2. The van der Waals surface area contributed by atoms with E-state index < -0.39 is 11.9 Å². The third kappa shape index (κ3) is 3.76. The van der Waals surface area contributed by atoms with Crippen molar-refractivity contribution in [3.8, 4) is 11.3 Å². The van der Waals surface area contributed by atoms with Crippen molar-refractivity contribution >= 4 is 40.6 Å². The van der Waals surface area contributed by atoms with Crippen molar-refractivity contribution in [2.24, 2.45) is 0 Å². The van der Waals surface area contributed by atoms with Crippen LogP contribution in [0.3, 0.4) is 0 Å². The van der Waals surface area contributed by atoms with Gasteiger partial charge >= 0.3 is 6.18 Å². The van der Waals surface area contributed by atoms with Gasteiger partial charge in [-0.15, -0.1) is 0 Å². The van der Waals surface area contributed by atoms with E-state index in [2.05, 4.69) is 15.4 Å². The van der Waals surface area contributed by atoms with E-state index in [0.29, 0.717) is 16.3 Å². The van der Waals surface area contributed by atoms with E-state index in [-0.39, 0.29) is 22.4 Å². The first-order valence-electron chi connectivity index (χ1n) is 8.07. The van der Waals surface area contributed by atoms with Crippen LogP contribution in [0.1, 0.15) is 17.4 Å². The van der Waals surface area contributed by atoms with Gasteiger partial charge in [-0.3, -0.25) is 0 Å². The molecule has 3 heterocycles. The Kier molecular flexibility index (Phi) is 5.00. The molecular weight excluding hydrogens is 420 g/mol. The lowest BCUT2D eigenvalue weighted by molar-refractivity contribution is -0.142. The van der Waals surface area contributed by atoms with Crippen molar-refractivity contribution in [2.75, 3.05) is 18.1 Å². The zero-order valence-electron chi connectivity index (χ0n) is 13.7. The van der Waals surface area contributed by atoms with Crippen LogP contribution >= 0.6 is 35.0 Å². The molecule has 1 N–H and O–H groups in total. The molecule has 1 aliphatic heterocycles. The second kappa shape index (κ2) is 7.16. The van der Waals surface area contributed by atoms with Crippen LogP contribution < -0.4 is 5.32 Å². The first-order valence-corrected chi connectivity index (χ1v) is 9.98. The highest BCUT2D eigenvalue weighted by Crippen LogP contribution is 2.34. The molecule has 27 heavy (non-hydrogen) atoms. The highest BCUT2D eigenvalue weighted by Gasteiger charge is 2.36. The molecule has 1 unspecified atom stereocenters. The van der Waals surface area contributed by atoms with Gasteiger partial charge in [0, 0.05) is 29.7 Å². The van der Waals surface area contributed by atoms with Crippen molar-refractivity contribution in [3.05, 3.63) is 51.8 Å². The highest BCUT2D eigenvalue weighted by atomic mass is 35.5. The minimum atomic E-state index is -4.58. The van der Waals surface area contributed by atoms with Gasteiger partial charge in [0.05, 0.1) is 27.5 Å². The van der Waals surface area contributed by atoms with Gasteiger partial charge in [-0.1, -0.05) is 29.3 Å². The van der Waals surface area contributed by atoms with Crippen LogP contribution in [-0.2, 0) is 6.18 Å². The van der Waals surface area contributed by atoms with Crippen molar-refractivity contribution < 1.29 is 13.2 Å². The Bertz CT molecular complexity index is 1000. The number of halogens is 5. The number of hydrogen-bond donors (Lipinski definition) is 1. The fourth-order valence-electron chi connectivity index (χ4n) is 2.92. The molecule has 10 heteroatoms. The summed E-state index contributed by atoms with van der Waals surface area (Å²) >= 11 is 13.6. The molecule has 0 spiro atoms. The largest absolute Gasteiger partial charge is 0.433 e. The monoisotopic (exact) mass is 432 g/mol. The Balaban J connectivity index is 1.87. The summed E-state index contributed by atoms with van der Waals surface area (Å²) in [5, 5.41) is 8.03. The number of benzene rings is 1. The fraction of sp³-hybridized carbons (Fsp3) is 0.294. The summed E-state index contributed by atoms with van der Waals surface area (Å²) in [6, 6.07) is 7.10.